The van der Waals surface area contributed by atoms with Crippen LogP contribution >= 0.6 is 34.8 Å². The molecule has 3 rings (SSSR count). The van der Waals surface area contributed by atoms with Gasteiger partial charge in [0.1, 0.15) is 12.6 Å². The average molecular weight is 625 g/mol. The molecule has 0 unspecified atom stereocenters. The number of amides is 2. The van der Waals surface area contributed by atoms with Crippen LogP contribution in [-0.2, 0) is 26.2 Å². The summed E-state index contributed by atoms with van der Waals surface area (Å²) >= 11 is 18.7. The zero-order valence-corrected chi connectivity index (χ0v) is 25.4. The first-order valence-electron chi connectivity index (χ1n) is 12.9. The molecule has 11 heteroatoms. The van der Waals surface area contributed by atoms with Gasteiger partial charge in [-0.2, -0.15) is 0 Å². The van der Waals surface area contributed by atoms with E-state index in [4.69, 9.17) is 34.8 Å². The van der Waals surface area contributed by atoms with Crippen molar-refractivity contribution < 1.29 is 18.0 Å². The number of hydrogen-bond donors (Lipinski definition) is 1. The molecular weight excluding hydrogens is 593 g/mol. The maximum Gasteiger partial charge on any atom is 0.264 e. The van der Waals surface area contributed by atoms with Crippen LogP contribution in [-0.4, -0.2) is 44.3 Å². The topological polar surface area (TPSA) is 86.8 Å². The lowest BCUT2D eigenvalue weighted by Gasteiger charge is -2.33. The van der Waals surface area contributed by atoms with Crippen molar-refractivity contribution in [3.63, 3.8) is 0 Å². The molecule has 0 spiro atoms. The summed E-state index contributed by atoms with van der Waals surface area (Å²) in [5, 5.41) is 3.56. The van der Waals surface area contributed by atoms with Crippen molar-refractivity contribution in [1.29, 1.82) is 0 Å². The SMILES string of the molecule is CCCCNC(=O)[C@H](CC)N(Cc1ccc(Cl)cc1)C(=O)CN(c1cccc(Cl)c1Cl)S(=O)(=O)c1ccccc1. The van der Waals surface area contributed by atoms with Crippen LogP contribution in [0.4, 0.5) is 5.69 Å². The van der Waals surface area contributed by atoms with E-state index < -0.39 is 28.5 Å². The molecule has 7 nitrogen and oxygen atoms in total. The Morgan fingerprint density at radius 2 is 1.57 bits per heavy atom. The zero-order chi connectivity index (χ0) is 29.3. The Morgan fingerprint density at radius 3 is 2.20 bits per heavy atom. The van der Waals surface area contributed by atoms with Gasteiger partial charge in [-0.25, -0.2) is 8.42 Å². The number of hydrogen-bond acceptors (Lipinski definition) is 4. The number of nitrogens with zero attached hydrogens (tertiary/aromatic N) is 2. The van der Waals surface area contributed by atoms with Crippen LogP contribution in [0.2, 0.25) is 15.1 Å². The van der Waals surface area contributed by atoms with Crippen molar-refractivity contribution in [3.8, 4) is 0 Å². The average Bonchev–Trinajstić information content (AvgIpc) is 2.95. The summed E-state index contributed by atoms with van der Waals surface area (Å²) in [5.74, 6) is -0.889. The van der Waals surface area contributed by atoms with Crippen molar-refractivity contribution >= 4 is 62.3 Å². The van der Waals surface area contributed by atoms with Crippen LogP contribution in [0.25, 0.3) is 0 Å². The van der Waals surface area contributed by atoms with Crippen molar-refractivity contribution in [2.75, 3.05) is 17.4 Å². The van der Waals surface area contributed by atoms with Gasteiger partial charge >= 0.3 is 0 Å². The lowest BCUT2D eigenvalue weighted by Crippen LogP contribution is -2.52. The van der Waals surface area contributed by atoms with Gasteiger partial charge in [-0.3, -0.25) is 13.9 Å². The highest BCUT2D eigenvalue weighted by Gasteiger charge is 2.34. The number of carbonyl (C=O) groups is 2. The Kier molecular flexibility index (Phi) is 11.7. The van der Waals surface area contributed by atoms with Gasteiger partial charge in [0.2, 0.25) is 11.8 Å². The smallest absolute Gasteiger partial charge is 0.264 e. The van der Waals surface area contributed by atoms with Gasteiger partial charge in [0.25, 0.3) is 10.0 Å². The fourth-order valence-electron chi connectivity index (χ4n) is 4.13. The quantitative estimate of drug-likeness (QED) is 0.218. The second kappa shape index (κ2) is 14.7. The molecule has 0 aliphatic carbocycles. The summed E-state index contributed by atoms with van der Waals surface area (Å²) in [6.07, 6.45) is 2.02. The summed E-state index contributed by atoms with van der Waals surface area (Å²) in [4.78, 5) is 28.6. The largest absolute Gasteiger partial charge is 0.354 e. The number of nitrogens with one attached hydrogen (secondary N) is 1. The van der Waals surface area contributed by atoms with Gasteiger partial charge in [0.05, 0.1) is 20.6 Å². The van der Waals surface area contributed by atoms with E-state index in [2.05, 4.69) is 5.32 Å². The molecule has 3 aromatic rings. The van der Waals surface area contributed by atoms with Gasteiger partial charge < -0.3 is 10.2 Å². The molecule has 0 heterocycles. The number of unbranched alkanes of at least 4 members (excludes halogenated alkanes) is 1. The van der Waals surface area contributed by atoms with E-state index in [1.165, 1.54) is 29.2 Å². The number of anilines is 1. The van der Waals surface area contributed by atoms with Crippen LogP contribution < -0.4 is 9.62 Å². The predicted octanol–water partition coefficient (Wildman–Crippen LogP) is 6.57. The predicted molar refractivity (Wildman–Crippen MR) is 161 cm³/mol. The van der Waals surface area contributed by atoms with Gasteiger partial charge in [-0.15, -0.1) is 0 Å². The number of halogens is 3. The fourth-order valence-corrected chi connectivity index (χ4v) is 6.15. The van der Waals surface area contributed by atoms with Gasteiger partial charge in [0.15, 0.2) is 0 Å². The third-order valence-corrected chi connectivity index (χ3v) is 9.13. The number of sulfonamides is 1. The minimum Gasteiger partial charge on any atom is -0.354 e. The first kappa shape index (κ1) is 31.7. The Hall–Kier alpha value is -2.78. The Bertz CT molecular complexity index is 1400. The molecule has 0 bridgehead atoms. The van der Waals surface area contributed by atoms with Crippen molar-refractivity contribution in [1.82, 2.24) is 10.2 Å². The van der Waals surface area contributed by atoms with E-state index in [9.17, 15) is 18.0 Å². The van der Waals surface area contributed by atoms with Crippen LogP contribution in [0.1, 0.15) is 38.7 Å². The standard InChI is InChI=1S/C29H32Cl3N3O4S/c1-3-5-18-33-29(37)25(4-2)34(19-21-14-16-22(30)17-15-21)27(36)20-35(26-13-9-12-24(31)28(26)32)40(38,39)23-10-7-6-8-11-23/h6-17,25H,3-5,18-20H2,1-2H3,(H,33,37)/t25-/m0/s1. The molecule has 0 aliphatic rings. The minimum atomic E-state index is -4.25. The van der Waals surface area contributed by atoms with Crippen LogP contribution in [0.5, 0.6) is 0 Å². The van der Waals surface area contributed by atoms with Crippen molar-refractivity contribution in [2.24, 2.45) is 0 Å². The van der Waals surface area contributed by atoms with Crippen LogP contribution in [0.15, 0.2) is 77.7 Å². The zero-order valence-electron chi connectivity index (χ0n) is 22.3. The van der Waals surface area contributed by atoms with Crippen molar-refractivity contribution in [3.05, 3.63) is 93.4 Å². The van der Waals surface area contributed by atoms with Gasteiger partial charge in [-0.05, 0) is 54.8 Å². The molecule has 0 aromatic heterocycles. The molecule has 3 aromatic carbocycles. The number of rotatable bonds is 13. The third-order valence-electron chi connectivity index (χ3n) is 6.29. The highest BCUT2D eigenvalue weighted by molar-refractivity contribution is 7.92. The lowest BCUT2D eigenvalue weighted by molar-refractivity contribution is -0.140. The molecule has 1 N–H and O–H groups in total. The Labute approximate surface area is 251 Å². The molecule has 214 valence electrons. The number of benzene rings is 3. The lowest BCUT2D eigenvalue weighted by atomic mass is 10.1. The molecule has 0 aliphatic heterocycles. The molecule has 40 heavy (non-hydrogen) atoms. The molecule has 0 fully saturated rings. The summed E-state index contributed by atoms with van der Waals surface area (Å²) in [6, 6.07) is 18.4. The molecule has 0 saturated carbocycles. The van der Waals surface area contributed by atoms with E-state index in [1.807, 2.05) is 6.92 Å². The van der Waals surface area contributed by atoms with Crippen molar-refractivity contribution in [2.45, 2.75) is 50.6 Å². The van der Waals surface area contributed by atoms with E-state index in [-0.39, 0.29) is 33.1 Å². The first-order chi connectivity index (χ1) is 19.1. The summed E-state index contributed by atoms with van der Waals surface area (Å²) in [7, 11) is -4.25. The second-order valence-corrected chi connectivity index (χ2v) is 12.2. The van der Waals surface area contributed by atoms with Crippen LogP contribution in [0.3, 0.4) is 0 Å². The molecular formula is C29H32Cl3N3O4S. The van der Waals surface area contributed by atoms with E-state index in [0.717, 1.165) is 22.7 Å². The molecule has 1 atom stereocenters. The normalized spacial score (nSPS) is 12.0. The third kappa shape index (κ3) is 7.91. The maximum atomic E-state index is 14.0. The Morgan fingerprint density at radius 1 is 0.900 bits per heavy atom. The highest BCUT2D eigenvalue weighted by Crippen LogP contribution is 2.35. The first-order valence-corrected chi connectivity index (χ1v) is 15.5. The molecule has 0 saturated heterocycles. The second-order valence-electron chi connectivity index (χ2n) is 9.11. The monoisotopic (exact) mass is 623 g/mol. The summed E-state index contributed by atoms with van der Waals surface area (Å²) < 4.78 is 28.7. The van der Waals surface area contributed by atoms with Gasteiger partial charge in [-0.1, -0.05) is 91.5 Å². The summed E-state index contributed by atoms with van der Waals surface area (Å²) in [6.45, 7) is 3.75. The Balaban J connectivity index is 2.06. The molecule has 0 radical (unpaired) electrons. The fraction of sp³-hybridized carbons (Fsp3) is 0.310. The van der Waals surface area contributed by atoms with E-state index >= 15 is 0 Å². The van der Waals surface area contributed by atoms with Gasteiger partial charge in [0, 0.05) is 18.1 Å². The number of carbonyl (C=O) groups excluding carboxylic acids is 2. The van der Waals surface area contributed by atoms with Crippen LogP contribution in [0, 0.1) is 0 Å². The van der Waals surface area contributed by atoms with E-state index in [1.54, 1.807) is 55.5 Å². The highest BCUT2D eigenvalue weighted by atomic mass is 35.5. The molecule has 2 amide bonds. The minimum absolute atomic E-state index is 0.00919. The van der Waals surface area contributed by atoms with E-state index in [0.29, 0.717) is 18.0 Å². The maximum absolute atomic E-state index is 14.0. The summed E-state index contributed by atoms with van der Waals surface area (Å²) in [5.41, 5.74) is 0.786.